The van der Waals surface area contributed by atoms with Gasteiger partial charge in [0.1, 0.15) is 4.88 Å². The average molecular weight is 198 g/mol. The molecule has 0 bridgehead atoms. The van der Waals surface area contributed by atoms with Gasteiger partial charge in [0.15, 0.2) is 0 Å². The summed E-state index contributed by atoms with van der Waals surface area (Å²) in [5.41, 5.74) is 0. The fourth-order valence-electron chi connectivity index (χ4n) is 1.04. The highest BCUT2D eigenvalue weighted by Crippen LogP contribution is 2.12. The number of thiazole rings is 1. The van der Waals surface area contributed by atoms with E-state index in [9.17, 15) is 4.79 Å². The van der Waals surface area contributed by atoms with Crippen LogP contribution in [0.1, 0.15) is 14.7 Å². The first-order valence-corrected chi connectivity index (χ1v) is 4.88. The van der Waals surface area contributed by atoms with Gasteiger partial charge in [0.05, 0.1) is 30.5 Å². The third kappa shape index (κ3) is 1.87. The number of hydrogen-bond acceptors (Lipinski definition) is 4. The van der Waals surface area contributed by atoms with Crippen LogP contribution in [0.3, 0.4) is 0 Å². The van der Waals surface area contributed by atoms with Gasteiger partial charge in [-0.25, -0.2) is 4.98 Å². The van der Waals surface area contributed by atoms with Crippen molar-refractivity contribution in [3.8, 4) is 0 Å². The zero-order chi connectivity index (χ0) is 9.26. The summed E-state index contributed by atoms with van der Waals surface area (Å²) in [7, 11) is 0. The number of carbonyl (C=O) groups is 1. The van der Waals surface area contributed by atoms with Gasteiger partial charge in [-0.2, -0.15) is 0 Å². The first-order valence-electron chi connectivity index (χ1n) is 4.07. The smallest absolute Gasteiger partial charge is 0.263 e. The lowest BCUT2D eigenvalue weighted by Gasteiger charge is -2.26. The molecule has 2 rings (SSSR count). The van der Waals surface area contributed by atoms with E-state index in [2.05, 4.69) is 10.3 Å². The highest BCUT2D eigenvalue weighted by molar-refractivity contribution is 7.13. The van der Waals surface area contributed by atoms with Gasteiger partial charge in [0.2, 0.25) is 0 Å². The second-order valence-corrected chi connectivity index (χ2v) is 4.19. The molecule has 0 spiro atoms. The zero-order valence-corrected chi connectivity index (χ0v) is 8.06. The molecule has 0 aromatic carbocycles. The number of ether oxygens (including phenoxy) is 1. The third-order valence-corrected chi connectivity index (χ3v) is 2.73. The van der Waals surface area contributed by atoms with Crippen LogP contribution in [0.5, 0.6) is 0 Å². The van der Waals surface area contributed by atoms with Crippen LogP contribution >= 0.6 is 11.3 Å². The first-order chi connectivity index (χ1) is 6.25. The fraction of sp³-hybridized carbons (Fsp3) is 0.500. The van der Waals surface area contributed by atoms with Crippen LogP contribution in [0.25, 0.3) is 0 Å². The third-order valence-electron chi connectivity index (χ3n) is 1.82. The molecule has 1 N–H and O–H groups in total. The van der Waals surface area contributed by atoms with E-state index in [1.165, 1.54) is 11.3 Å². The van der Waals surface area contributed by atoms with E-state index in [1.54, 1.807) is 6.20 Å². The summed E-state index contributed by atoms with van der Waals surface area (Å²) in [5, 5.41) is 3.76. The van der Waals surface area contributed by atoms with Crippen LogP contribution in [0, 0.1) is 6.92 Å². The minimum atomic E-state index is -0.0427. The van der Waals surface area contributed by atoms with Crippen LogP contribution in [0.15, 0.2) is 6.20 Å². The maximum Gasteiger partial charge on any atom is 0.263 e. The highest BCUT2D eigenvalue weighted by atomic mass is 32.1. The number of nitrogens with zero attached hydrogens (tertiary/aromatic N) is 1. The zero-order valence-electron chi connectivity index (χ0n) is 7.24. The van der Waals surface area contributed by atoms with Crippen molar-refractivity contribution >= 4 is 17.2 Å². The maximum absolute atomic E-state index is 11.5. The molecule has 4 nitrogen and oxygen atoms in total. The summed E-state index contributed by atoms with van der Waals surface area (Å²) in [5.74, 6) is -0.0427. The molecule has 1 aliphatic heterocycles. The number of hydrogen-bond donors (Lipinski definition) is 1. The van der Waals surface area contributed by atoms with Crippen LogP contribution in [0.4, 0.5) is 0 Å². The second kappa shape index (κ2) is 3.43. The van der Waals surface area contributed by atoms with Crippen molar-refractivity contribution in [1.82, 2.24) is 10.3 Å². The molecule has 5 heteroatoms. The number of nitrogens with one attached hydrogen (secondary N) is 1. The molecular formula is C8H10N2O2S. The van der Waals surface area contributed by atoms with Crippen LogP contribution in [0.2, 0.25) is 0 Å². The molecule has 1 amide bonds. The lowest BCUT2D eigenvalue weighted by atomic mass is 10.2. The Morgan fingerprint density at radius 1 is 1.77 bits per heavy atom. The van der Waals surface area contributed by atoms with E-state index in [4.69, 9.17) is 4.74 Å². The Balaban J connectivity index is 1.96. The van der Waals surface area contributed by atoms with Gasteiger partial charge in [-0.05, 0) is 6.92 Å². The van der Waals surface area contributed by atoms with Crippen molar-refractivity contribution < 1.29 is 9.53 Å². The van der Waals surface area contributed by atoms with Gasteiger partial charge in [0.25, 0.3) is 5.91 Å². The van der Waals surface area contributed by atoms with Gasteiger partial charge in [-0.15, -0.1) is 11.3 Å². The summed E-state index contributed by atoms with van der Waals surface area (Å²) in [4.78, 5) is 16.2. The molecule has 13 heavy (non-hydrogen) atoms. The Bertz CT molecular complexity index is 320. The number of aryl methyl sites for hydroxylation is 1. The van der Waals surface area contributed by atoms with Crippen molar-refractivity contribution in [3.05, 3.63) is 16.1 Å². The molecule has 70 valence electrons. The Kier molecular flexibility index (Phi) is 2.28. The summed E-state index contributed by atoms with van der Waals surface area (Å²) >= 11 is 1.41. The standard InChI is InChI=1S/C8H10N2O2S/c1-5-9-2-7(13-5)8(11)10-6-3-12-4-6/h2,6H,3-4H2,1H3,(H,10,11). The summed E-state index contributed by atoms with van der Waals surface area (Å²) in [6, 6.07) is 0.190. The molecule has 1 fully saturated rings. The average Bonchev–Trinajstić information content (AvgIpc) is 2.44. The molecular weight excluding hydrogens is 188 g/mol. The van der Waals surface area contributed by atoms with E-state index in [0.29, 0.717) is 18.1 Å². The van der Waals surface area contributed by atoms with E-state index < -0.39 is 0 Å². The normalized spacial score (nSPS) is 16.7. The van der Waals surface area contributed by atoms with Crippen molar-refractivity contribution in [1.29, 1.82) is 0 Å². The van der Waals surface area contributed by atoms with E-state index >= 15 is 0 Å². The van der Waals surface area contributed by atoms with Gasteiger partial charge >= 0.3 is 0 Å². The monoisotopic (exact) mass is 198 g/mol. The number of carbonyl (C=O) groups excluding carboxylic acids is 1. The van der Waals surface area contributed by atoms with Gasteiger partial charge in [-0.3, -0.25) is 4.79 Å². The minimum absolute atomic E-state index is 0.0427. The molecule has 2 heterocycles. The lowest BCUT2D eigenvalue weighted by molar-refractivity contribution is -0.00339. The molecule has 1 aromatic heterocycles. The highest BCUT2D eigenvalue weighted by Gasteiger charge is 2.21. The fourth-order valence-corrected chi connectivity index (χ4v) is 1.72. The topological polar surface area (TPSA) is 51.2 Å². The molecule has 1 aromatic rings. The van der Waals surface area contributed by atoms with Crippen molar-refractivity contribution in [2.45, 2.75) is 13.0 Å². The Morgan fingerprint density at radius 3 is 3.00 bits per heavy atom. The summed E-state index contributed by atoms with van der Waals surface area (Å²) in [6.45, 7) is 3.14. The Labute approximate surface area is 79.9 Å². The lowest BCUT2D eigenvalue weighted by Crippen LogP contribution is -2.48. The van der Waals surface area contributed by atoms with E-state index in [0.717, 1.165) is 5.01 Å². The minimum Gasteiger partial charge on any atom is -0.377 e. The predicted octanol–water partition coefficient (Wildman–Crippen LogP) is 0.580. The molecule has 0 aliphatic carbocycles. The first kappa shape index (κ1) is 8.65. The summed E-state index contributed by atoms with van der Waals surface area (Å²) < 4.78 is 4.95. The van der Waals surface area contributed by atoms with E-state index in [1.807, 2.05) is 6.92 Å². The predicted molar refractivity (Wildman–Crippen MR) is 48.9 cm³/mol. The SMILES string of the molecule is Cc1ncc(C(=O)NC2COC2)s1. The quantitative estimate of drug-likeness (QED) is 0.756. The summed E-state index contributed by atoms with van der Waals surface area (Å²) in [6.07, 6.45) is 1.61. The van der Waals surface area contributed by atoms with Crippen molar-refractivity contribution in [2.24, 2.45) is 0 Å². The molecule has 0 unspecified atom stereocenters. The number of aromatic nitrogens is 1. The van der Waals surface area contributed by atoms with Gasteiger partial charge in [0, 0.05) is 0 Å². The molecule has 1 saturated heterocycles. The second-order valence-electron chi connectivity index (χ2n) is 2.95. The Hall–Kier alpha value is -0.940. The molecule has 0 radical (unpaired) electrons. The number of amides is 1. The van der Waals surface area contributed by atoms with Gasteiger partial charge < -0.3 is 10.1 Å². The molecule has 0 atom stereocenters. The number of rotatable bonds is 2. The van der Waals surface area contributed by atoms with Crippen LogP contribution in [-0.4, -0.2) is 30.1 Å². The molecule has 0 saturated carbocycles. The van der Waals surface area contributed by atoms with Gasteiger partial charge in [-0.1, -0.05) is 0 Å². The van der Waals surface area contributed by atoms with Crippen LogP contribution in [-0.2, 0) is 4.74 Å². The van der Waals surface area contributed by atoms with E-state index in [-0.39, 0.29) is 11.9 Å². The largest absolute Gasteiger partial charge is 0.377 e. The van der Waals surface area contributed by atoms with Crippen molar-refractivity contribution in [3.63, 3.8) is 0 Å². The maximum atomic E-state index is 11.5. The van der Waals surface area contributed by atoms with Crippen LogP contribution < -0.4 is 5.32 Å². The Morgan fingerprint density at radius 2 is 2.54 bits per heavy atom. The molecule has 1 aliphatic rings. The van der Waals surface area contributed by atoms with Crippen molar-refractivity contribution in [2.75, 3.05) is 13.2 Å².